The van der Waals surface area contributed by atoms with Crippen LogP contribution in [0.25, 0.3) is 0 Å². The minimum atomic E-state index is -0.727. The van der Waals surface area contributed by atoms with Crippen LogP contribution in [0.3, 0.4) is 0 Å². The smallest absolute Gasteiger partial charge is 0.306 e. The molecule has 2 rings (SSSR count). The van der Waals surface area contributed by atoms with E-state index in [1.165, 1.54) is 0 Å². The molecule has 2 aliphatic heterocycles. The highest BCUT2D eigenvalue weighted by Crippen LogP contribution is 2.19. The summed E-state index contributed by atoms with van der Waals surface area (Å²) in [6.07, 6.45) is 3.99. The summed E-state index contributed by atoms with van der Waals surface area (Å²) in [4.78, 5) is 24.6. The van der Waals surface area contributed by atoms with Crippen LogP contribution in [0, 0.1) is 5.92 Å². The first-order chi connectivity index (χ1) is 8.16. The molecule has 2 N–H and O–H groups in total. The van der Waals surface area contributed by atoms with E-state index in [4.69, 9.17) is 5.11 Å². The summed E-state index contributed by atoms with van der Waals surface area (Å²) < 4.78 is 0. The average Bonchev–Trinajstić information content (AvgIpc) is 2.82. The zero-order valence-electron chi connectivity index (χ0n) is 10.0. The van der Waals surface area contributed by atoms with Crippen LogP contribution in [0.15, 0.2) is 0 Å². The van der Waals surface area contributed by atoms with Crippen LogP contribution >= 0.6 is 0 Å². The highest BCUT2D eigenvalue weighted by atomic mass is 16.4. The van der Waals surface area contributed by atoms with Crippen molar-refractivity contribution in [3.8, 4) is 0 Å². The van der Waals surface area contributed by atoms with Gasteiger partial charge in [0.05, 0.1) is 5.92 Å². The van der Waals surface area contributed by atoms with Gasteiger partial charge in [0, 0.05) is 25.6 Å². The van der Waals surface area contributed by atoms with Crippen molar-refractivity contribution in [1.29, 1.82) is 0 Å². The Balaban J connectivity index is 1.75. The highest BCUT2D eigenvalue weighted by Gasteiger charge is 2.28. The predicted octanol–water partition coefficient (Wildman–Crippen LogP) is 0.452. The van der Waals surface area contributed by atoms with Crippen molar-refractivity contribution in [2.24, 2.45) is 5.92 Å². The molecule has 0 radical (unpaired) electrons. The highest BCUT2D eigenvalue weighted by molar-refractivity contribution is 5.77. The Hall–Kier alpha value is -1.10. The summed E-state index contributed by atoms with van der Waals surface area (Å²) in [6, 6.07) is 0.333. The van der Waals surface area contributed by atoms with Gasteiger partial charge in [-0.3, -0.25) is 9.59 Å². The molecule has 17 heavy (non-hydrogen) atoms. The number of amides is 1. The average molecular weight is 240 g/mol. The summed E-state index contributed by atoms with van der Waals surface area (Å²) >= 11 is 0. The first-order valence-corrected chi connectivity index (χ1v) is 6.41. The fourth-order valence-corrected chi connectivity index (χ4v) is 2.65. The van der Waals surface area contributed by atoms with Gasteiger partial charge in [0.15, 0.2) is 0 Å². The SMILES string of the molecule is O=C(O)C1CCN(C(=O)CC2CCCN2)CC1. The fourth-order valence-electron chi connectivity index (χ4n) is 2.65. The minimum Gasteiger partial charge on any atom is -0.481 e. The number of carboxylic acids is 1. The number of carbonyl (C=O) groups is 2. The second-order valence-electron chi connectivity index (χ2n) is 4.99. The molecule has 5 heteroatoms. The van der Waals surface area contributed by atoms with E-state index in [1.807, 2.05) is 4.90 Å². The van der Waals surface area contributed by atoms with E-state index >= 15 is 0 Å². The molecule has 2 saturated heterocycles. The maximum atomic E-state index is 12.0. The second kappa shape index (κ2) is 5.49. The molecule has 5 nitrogen and oxygen atoms in total. The Labute approximate surface area is 101 Å². The maximum Gasteiger partial charge on any atom is 0.306 e. The molecule has 2 aliphatic rings. The molecule has 0 aliphatic carbocycles. The first-order valence-electron chi connectivity index (χ1n) is 6.41. The van der Waals surface area contributed by atoms with Crippen LogP contribution in [-0.4, -0.2) is 47.6 Å². The fraction of sp³-hybridized carbons (Fsp3) is 0.833. The largest absolute Gasteiger partial charge is 0.481 e. The summed E-state index contributed by atoms with van der Waals surface area (Å²) in [5.41, 5.74) is 0. The lowest BCUT2D eigenvalue weighted by molar-refractivity contribution is -0.145. The van der Waals surface area contributed by atoms with Crippen LogP contribution in [0.2, 0.25) is 0 Å². The molecule has 0 saturated carbocycles. The number of nitrogens with one attached hydrogen (secondary N) is 1. The van der Waals surface area contributed by atoms with Crippen molar-refractivity contribution in [1.82, 2.24) is 10.2 Å². The Morgan fingerprint density at radius 2 is 1.94 bits per heavy atom. The van der Waals surface area contributed by atoms with E-state index < -0.39 is 5.97 Å². The lowest BCUT2D eigenvalue weighted by Gasteiger charge is -2.30. The van der Waals surface area contributed by atoms with Gasteiger partial charge in [-0.2, -0.15) is 0 Å². The third kappa shape index (κ3) is 3.19. The van der Waals surface area contributed by atoms with E-state index in [1.54, 1.807) is 0 Å². The Morgan fingerprint density at radius 3 is 2.47 bits per heavy atom. The van der Waals surface area contributed by atoms with Crippen LogP contribution in [0.1, 0.15) is 32.1 Å². The zero-order chi connectivity index (χ0) is 12.3. The van der Waals surface area contributed by atoms with Gasteiger partial charge >= 0.3 is 5.97 Å². The topological polar surface area (TPSA) is 69.6 Å². The van der Waals surface area contributed by atoms with E-state index in [2.05, 4.69) is 5.32 Å². The quantitative estimate of drug-likeness (QED) is 0.751. The van der Waals surface area contributed by atoms with Crippen LogP contribution in [-0.2, 0) is 9.59 Å². The normalized spacial score (nSPS) is 26.1. The van der Waals surface area contributed by atoms with Crippen LogP contribution in [0.5, 0.6) is 0 Å². The number of piperidine rings is 1. The van der Waals surface area contributed by atoms with Gasteiger partial charge < -0.3 is 15.3 Å². The summed E-state index contributed by atoms with van der Waals surface area (Å²) in [6.45, 7) is 2.21. The van der Waals surface area contributed by atoms with Crippen LogP contribution in [0.4, 0.5) is 0 Å². The van der Waals surface area contributed by atoms with Crippen molar-refractivity contribution in [2.75, 3.05) is 19.6 Å². The second-order valence-corrected chi connectivity index (χ2v) is 4.99. The van der Waals surface area contributed by atoms with Gasteiger partial charge in [-0.1, -0.05) is 0 Å². The lowest BCUT2D eigenvalue weighted by atomic mass is 9.96. The van der Waals surface area contributed by atoms with E-state index in [9.17, 15) is 9.59 Å². The number of nitrogens with zero attached hydrogens (tertiary/aromatic N) is 1. The van der Waals surface area contributed by atoms with Crippen molar-refractivity contribution in [3.05, 3.63) is 0 Å². The predicted molar refractivity (Wildman–Crippen MR) is 62.6 cm³/mol. The summed E-state index contributed by atoms with van der Waals surface area (Å²) in [7, 11) is 0. The number of hydrogen-bond acceptors (Lipinski definition) is 3. The van der Waals surface area contributed by atoms with Gasteiger partial charge in [-0.15, -0.1) is 0 Å². The van der Waals surface area contributed by atoms with Gasteiger partial charge in [0.1, 0.15) is 0 Å². The summed E-state index contributed by atoms with van der Waals surface area (Å²) in [5.74, 6) is -0.813. The third-order valence-corrected chi connectivity index (χ3v) is 3.78. The molecular weight excluding hydrogens is 220 g/mol. The zero-order valence-corrected chi connectivity index (χ0v) is 10.0. The number of carbonyl (C=O) groups excluding carboxylic acids is 1. The molecule has 1 amide bonds. The molecule has 1 atom stereocenters. The van der Waals surface area contributed by atoms with E-state index in [-0.39, 0.29) is 11.8 Å². The van der Waals surface area contributed by atoms with Crippen LogP contribution < -0.4 is 5.32 Å². The number of likely N-dealkylation sites (tertiary alicyclic amines) is 1. The molecule has 0 spiro atoms. The Morgan fingerprint density at radius 1 is 1.24 bits per heavy atom. The van der Waals surface area contributed by atoms with Crippen molar-refractivity contribution >= 4 is 11.9 Å². The standard InChI is InChI=1S/C12H20N2O3/c15-11(8-10-2-1-5-13-10)14-6-3-9(4-7-14)12(16)17/h9-10,13H,1-8H2,(H,16,17). The lowest BCUT2D eigenvalue weighted by Crippen LogP contribution is -2.42. The molecule has 1 unspecified atom stereocenters. The van der Waals surface area contributed by atoms with Gasteiger partial charge in [-0.25, -0.2) is 0 Å². The molecule has 0 aromatic heterocycles. The Bertz CT molecular complexity index is 292. The number of hydrogen-bond donors (Lipinski definition) is 2. The number of carboxylic acid groups (broad SMARTS) is 1. The molecule has 0 bridgehead atoms. The number of rotatable bonds is 3. The molecule has 2 fully saturated rings. The third-order valence-electron chi connectivity index (χ3n) is 3.78. The van der Waals surface area contributed by atoms with Gasteiger partial charge in [0.2, 0.25) is 5.91 Å². The van der Waals surface area contributed by atoms with Crippen molar-refractivity contribution < 1.29 is 14.7 Å². The maximum absolute atomic E-state index is 12.0. The van der Waals surface area contributed by atoms with Gasteiger partial charge in [-0.05, 0) is 32.2 Å². The Kier molecular flexibility index (Phi) is 3.99. The first kappa shape index (κ1) is 12.4. The van der Waals surface area contributed by atoms with E-state index in [0.717, 1.165) is 19.4 Å². The monoisotopic (exact) mass is 240 g/mol. The number of aliphatic carboxylic acids is 1. The van der Waals surface area contributed by atoms with Crippen molar-refractivity contribution in [2.45, 2.75) is 38.1 Å². The molecular formula is C12H20N2O3. The summed E-state index contributed by atoms with van der Waals surface area (Å²) in [5, 5.41) is 12.2. The molecule has 0 aromatic rings. The molecule has 0 aromatic carbocycles. The minimum absolute atomic E-state index is 0.174. The molecule has 96 valence electrons. The van der Waals surface area contributed by atoms with Gasteiger partial charge in [0.25, 0.3) is 0 Å². The molecule has 2 heterocycles. The van der Waals surface area contributed by atoms with E-state index in [0.29, 0.717) is 38.4 Å². The van der Waals surface area contributed by atoms with Crippen molar-refractivity contribution in [3.63, 3.8) is 0 Å².